The van der Waals surface area contributed by atoms with E-state index in [1.54, 1.807) is 18.0 Å². The number of hydrogen-bond donors (Lipinski definition) is 1. The van der Waals surface area contributed by atoms with E-state index in [4.69, 9.17) is 0 Å². The van der Waals surface area contributed by atoms with Crippen LogP contribution in [0.3, 0.4) is 0 Å². The van der Waals surface area contributed by atoms with E-state index in [-0.39, 0.29) is 11.4 Å². The van der Waals surface area contributed by atoms with Gasteiger partial charge in [-0.1, -0.05) is 23.9 Å². The van der Waals surface area contributed by atoms with Crippen molar-refractivity contribution in [2.75, 3.05) is 0 Å². The molecule has 0 saturated carbocycles. The van der Waals surface area contributed by atoms with E-state index < -0.39 is 0 Å². The Labute approximate surface area is 130 Å². The van der Waals surface area contributed by atoms with Crippen molar-refractivity contribution in [3.05, 3.63) is 47.8 Å². The molecule has 1 heterocycles. The number of thioether (sulfide) groups is 1. The molecule has 0 bridgehead atoms. The molecular formula is C16H21N3OS. The minimum absolute atomic E-state index is 0.0358. The largest absolute Gasteiger partial charge is 0.347 e. The van der Waals surface area contributed by atoms with Gasteiger partial charge in [-0.15, -0.1) is 0 Å². The zero-order valence-electron chi connectivity index (χ0n) is 12.9. The van der Waals surface area contributed by atoms with Gasteiger partial charge in [-0.3, -0.25) is 4.79 Å². The summed E-state index contributed by atoms with van der Waals surface area (Å²) in [6.07, 6.45) is 3.71. The number of carbonyl (C=O) groups excluding carboxylic acids is 1. The Hall–Kier alpha value is -1.75. The number of aromatic nitrogens is 2. The van der Waals surface area contributed by atoms with Crippen LogP contribution in [0.15, 0.2) is 41.8 Å². The van der Waals surface area contributed by atoms with Gasteiger partial charge in [0.15, 0.2) is 5.16 Å². The number of nitrogens with zero attached hydrogens (tertiary/aromatic N) is 2. The first-order valence-corrected chi connectivity index (χ1v) is 7.85. The summed E-state index contributed by atoms with van der Waals surface area (Å²) in [6.45, 7) is 5.93. The zero-order valence-corrected chi connectivity index (χ0v) is 13.7. The van der Waals surface area contributed by atoms with Gasteiger partial charge in [-0.25, -0.2) is 4.98 Å². The highest BCUT2D eigenvalue weighted by molar-refractivity contribution is 7.98. The van der Waals surface area contributed by atoms with E-state index in [2.05, 4.69) is 10.3 Å². The van der Waals surface area contributed by atoms with E-state index in [0.717, 1.165) is 16.5 Å². The average molecular weight is 303 g/mol. The van der Waals surface area contributed by atoms with E-state index in [9.17, 15) is 4.79 Å². The Morgan fingerprint density at radius 3 is 2.76 bits per heavy atom. The zero-order chi connectivity index (χ0) is 15.5. The van der Waals surface area contributed by atoms with Crippen LogP contribution < -0.4 is 5.32 Å². The van der Waals surface area contributed by atoms with Crippen LogP contribution in [0.1, 0.15) is 36.7 Å². The topological polar surface area (TPSA) is 46.9 Å². The van der Waals surface area contributed by atoms with Gasteiger partial charge in [0.2, 0.25) is 0 Å². The van der Waals surface area contributed by atoms with Crippen molar-refractivity contribution < 1.29 is 4.79 Å². The van der Waals surface area contributed by atoms with E-state index in [0.29, 0.717) is 5.56 Å². The van der Waals surface area contributed by atoms with Gasteiger partial charge in [-0.05, 0) is 38.5 Å². The van der Waals surface area contributed by atoms with Crippen LogP contribution in [0.2, 0.25) is 0 Å². The fourth-order valence-corrected chi connectivity index (χ4v) is 2.73. The number of rotatable bonds is 4. The second-order valence-corrected chi connectivity index (χ2v) is 6.96. The van der Waals surface area contributed by atoms with Gasteiger partial charge in [0.25, 0.3) is 5.91 Å². The van der Waals surface area contributed by atoms with Crippen LogP contribution in [-0.4, -0.2) is 21.0 Å². The van der Waals surface area contributed by atoms with Crippen molar-refractivity contribution in [2.24, 2.45) is 7.05 Å². The number of carbonyl (C=O) groups is 1. The molecule has 2 aromatic rings. The van der Waals surface area contributed by atoms with Crippen LogP contribution in [0.25, 0.3) is 0 Å². The molecule has 0 fully saturated rings. The third kappa shape index (κ3) is 4.63. The normalized spacial score (nSPS) is 11.4. The first-order chi connectivity index (χ1) is 9.85. The maximum Gasteiger partial charge on any atom is 0.251 e. The summed E-state index contributed by atoms with van der Waals surface area (Å²) < 4.78 is 1.99. The smallest absolute Gasteiger partial charge is 0.251 e. The van der Waals surface area contributed by atoms with Crippen molar-refractivity contribution in [2.45, 2.75) is 37.2 Å². The Balaban J connectivity index is 2.04. The molecule has 1 amide bonds. The van der Waals surface area contributed by atoms with Crippen LogP contribution in [0, 0.1) is 0 Å². The van der Waals surface area contributed by atoms with Gasteiger partial charge in [0, 0.05) is 36.3 Å². The highest BCUT2D eigenvalue weighted by Gasteiger charge is 2.15. The molecule has 1 aromatic carbocycles. The molecule has 0 aliphatic carbocycles. The first kappa shape index (κ1) is 15.6. The molecule has 5 heteroatoms. The van der Waals surface area contributed by atoms with Gasteiger partial charge < -0.3 is 9.88 Å². The average Bonchev–Trinajstić information content (AvgIpc) is 2.80. The summed E-state index contributed by atoms with van der Waals surface area (Å²) in [5, 5.41) is 3.95. The summed E-state index contributed by atoms with van der Waals surface area (Å²) >= 11 is 1.66. The van der Waals surface area contributed by atoms with Gasteiger partial charge in [0.1, 0.15) is 0 Å². The second kappa shape index (κ2) is 6.35. The number of aryl methyl sites for hydroxylation is 1. The third-order valence-electron chi connectivity index (χ3n) is 2.82. The fourth-order valence-electron chi connectivity index (χ4n) is 1.85. The number of nitrogens with one attached hydrogen (secondary N) is 1. The molecular weight excluding hydrogens is 282 g/mol. The number of amides is 1. The molecule has 2 rings (SSSR count). The highest BCUT2D eigenvalue weighted by Crippen LogP contribution is 2.21. The monoisotopic (exact) mass is 303 g/mol. The lowest BCUT2D eigenvalue weighted by molar-refractivity contribution is 0.0919. The Kier molecular flexibility index (Phi) is 4.73. The lowest BCUT2D eigenvalue weighted by atomic mass is 10.1. The third-order valence-corrected chi connectivity index (χ3v) is 3.95. The van der Waals surface area contributed by atoms with Crippen LogP contribution in [-0.2, 0) is 12.8 Å². The van der Waals surface area contributed by atoms with Crippen molar-refractivity contribution in [3.63, 3.8) is 0 Å². The van der Waals surface area contributed by atoms with Crippen LogP contribution >= 0.6 is 11.8 Å². The van der Waals surface area contributed by atoms with E-state index in [1.165, 1.54) is 0 Å². The van der Waals surface area contributed by atoms with Gasteiger partial charge in [0.05, 0.1) is 0 Å². The van der Waals surface area contributed by atoms with Crippen LogP contribution in [0.5, 0.6) is 0 Å². The van der Waals surface area contributed by atoms with Gasteiger partial charge >= 0.3 is 0 Å². The predicted molar refractivity (Wildman–Crippen MR) is 86.4 cm³/mol. The standard InChI is InChI=1S/C16H21N3OS/c1-16(2,3)18-14(20)13-7-5-6-12(10-13)11-21-15-17-8-9-19(15)4/h5-10H,11H2,1-4H3,(H,18,20). The molecule has 0 spiro atoms. The Bertz CT molecular complexity index is 628. The Morgan fingerprint density at radius 2 is 2.14 bits per heavy atom. The van der Waals surface area contributed by atoms with E-state index >= 15 is 0 Å². The summed E-state index contributed by atoms with van der Waals surface area (Å²) in [7, 11) is 1.97. The summed E-state index contributed by atoms with van der Waals surface area (Å²) in [5.74, 6) is 0.757. The molecule has 112 valence electrons. The molecule has 21 heavy (non-hydrogen) atoms. The molecule has 0 saturated heterocycles. The molecule has 0 unspecified atom stereocenters. The molecule has 0 radical (unpaired) electrons. The summed E-state index contributed by atoms with van der Waals surface area (Å²) in [6, 6.07) is 7.74. The molecule has 1 N–H and O–H groups in total. The van der Waals surface area contributed by atoms with Crippen molar-refractivity contribution in [1.29, 1.82) is 0 Å². The second-order valence-electron chi connectivity index (χ2n) is 6.01. The van der Waals surface area contributed by atoms with Crippen molar-refractivity contribution in [1.82, 2.24) is 14.9 Å². The predicted octanol–water partition coefficient (Wildman–Crippen LogP) is 3.24. The minimum Gasteiger partial charge on any atom is -0.347 e. The highest BCUT2D eigenvalue weighted by atomic mass is 32.2. The van der Waals surface area contributed by atoms with Crippen molar-refractivity contribution >= 4 is 17.7 Å². The first-order valence-electron chi connectivity index (χ1n) is 6.87. The number of benzene rings is 1. The molecule has 0 aliphatic rings. The van der Waals surface area contributed by atoms with Crippen molar-refractivity contribution in [3.8, 4) is 0 Å². The maximum absolute atomic E-state index is 12.2. The number of hydrogen-bond acceptors (Lipinski definition) is 3. The summed E-state index contributed by atoms with van der Waals surface area (Å²) in [5.41, 5.74) is 1.59. The Morgan fingerprint density at radius 1 is 1.38 bits per heavy atom. The minimum atomic E-state index is -0.227. The van der Waals surface area contributed by atoms with Gasteiger partial charge in [-0.2, -0.15) is 0 Å². The van der Waals surface area contributed by atoms with E-state index in [1.807, 2.05) is 62.8 Å². The SMILES string of the molecule is Cn1ccnc1SCc1cccc(C(=O)NC(C)(C)C)c1. The maximum atomic E-state index is 12.2. The fraction of sp³-hybridized carbons (Fsp3) is 0.375. The quantitative estimate of drug-likeness (QED) is 0.882. The molecule has 0 atom stereocenters. The lowest BCUT2D eigenvalue weighted by Crippen LogP contribution is -2.40. The molecule has 0 aliphatic heterocycles. The summed E-state index contributed by atoms with van der Waals surface area (Å²) in [4.78, 5) is 16.4. The number of imidazole rings is 1. The molecule has 4 nitrogen and oxygen atoms in total. The van der Waals surface area contributed by atoms with Crippen LogP contribution in [0.4, 0.5) is 0 Å². The lowest BCUT2D eigenvalue weighted by Gasteiger charge is -2.20. The molecule has 1 aromatic heterocycles.